The summed E-state index contributed by atoms with van der Waals surface area (Å²) in [5.74, 6) is 1.55. The van der Waals surface area contributed by atoms with Gasteiger partial charge in [0.1, 0.15) is 6.54 Å². The number of anilines is 1. The first-order valence-corrected chi connectivity index (χ1v) is 8.27. The van der Waals surface area contributed by atoms with Gasteiger partial charge in [0, 0.05) is 17.7 Å². The molecular weight excluding hydrogens is 415 g/mol. The van der Waals surface area contributed by atoms with E-state index in [1.807, 2.05) is 18.2 Å². The third-order valence-corrected chi connectivity index (χ3v) is 4.02. The molecule has 0 radical (unpaired) electrons. The van der Waals surface area contributed by atoms with Crippen LogP contribution in [0.2, 0.25) is 0 Å². The Labute approximate surface area is 161 Å². The zero-order valence-electron chi connectivity index (χ0n) is 14.6. The highest BCUT2D eigenvalue weighted by atomic mass is 127. The fourth-order valence-electron chi connectivity index (χ4n) is 2.48. The molecule has 0 aliphatic carbocycles. The van der Waals surface area contributed by atoms with Gasteiger partial charge in [0.15, 0.2) is 11.7 Å². The second kappa shape index (κ2) is 10.3. The predicted octanol–water partition coefficient (Wildman–Crippen LogP) is 4.69. The Hall–Kier alpha value is -1.57. The Morgan fingerprint density at radius 1 is 1.21 bits per heavy atom. The van der Waals surface area contributed by atoms with Crippen LogP contribution < -0.4 is 11.1 Å². The number of aliphatic imine (C=N–C) groups is 1. The average Bonchev–Trinajstić information content (AvgIpc) is 3.04. The summed E-state index contributed by atoms with van der Waals surface area (Å²) in [6.07, 6.45) is 3.14. The SMILES string of the molecule is CCc1ccc(NC(N)=NCc2cc(C(CC)CC)no2)cc1.I. The molecule has 1 heterocycles. The summed E-state index contributed by atoms with van der Waals surface area (Å²) in [6, 6.07) is 10.1. The number of halogens is 1. The van der Waals surface area contributed by atoms with Gasteiger partial charge < -0.3 is 15.6 Å². The summed E-state index contributed by atoms with van der Waals surface area (Å²) in [7, 11) is 0. The number of aromatic nitrogens is 1. The maximum Gasteiger partial charge on any atom is 0.193 e. The van der Waals surface area contributed by atoms with Crippen molar-refractivity contribution in [1.82, 2.24) is 5.16 Å². The van der Waals surface area contributed by atoms with Crippen LogP contribution in [-0.2, 0) is 13.0 Å². The minimum Gasteiger partial charge on any atom is -0.370 e. The van der Waals surface area contributed by atoms with Gasteiger partial charge in [-0.3, -0.25) is 0 Å². The molecule has 2 rings (SSSR count). The molecule has 132 valence electrons. The lowest BCUT2D eigenvalue weighted by Gasteiger charge is -2.06. The van der Waals surface area contributed by atoms with Gasteiger partial charge in [-0.1, -0.05) is 38.1 Å². The van der Waals surface area contributed by atoms with E-state index in [0.717, 1.165) is 36.4 Å². The van der Waals surface area contributed by atoms with Gasteiger partial charge >= 0.3 is 0 Å². The molecule has 3 N–H and O–H groups in total. The zero-order valence-corrected chi connectivity index (χ0v) is 16.9. The number of nitrogens with two attached hydrogens (primary N) is 1. The smallest absolute Gasteiger partial charge is 0.193 e. The maximum atomic E-state index is 5.92. The van der Waals surface area contributed by atoms with Crippen molar-refractivity contribution in [3.63, 3.8) is 0 Å². The lowest BCUT2D eigenvalue weighted by atomic mass is 9.99. The number of benzene rings is 1. The number of nitrogens with one attached hydrogen (secondary N) is 1. The molecule has 0 amide bonds. The third kappa shape index (κ3) is 5.81. The summed E-state index contributed by atoms with van der Waals surface area (Å²) in [6.45, 7) is 6.84. The van der Waals surface area contributed by atoms with Crippen LogP contribution in [0.1, 0.15) is 56.5 Å². The number of hydrogen-bond donors (Lipinski definition) is 2. The van der Waals surface area contributed by atoms with Gasteiger partial charge in [-0.05, 0) is 37.0 Å². The number of aryl methyl sites for hydroxylation is 1. The van der Waals surface area contributed by atoms with Crippen molar-refractivity contribution >= 4 is 35.6 Å². The Morgan fingerprint density at radius 3 is 2.46 bits per heavy atom. The van der Waals surface area contributed by atoms with Crippen LogP contribution in [0.15, 0.2) is 39.8 Å². The molecule has 0 aliphatic rings. The van der Waals surface area contributed by atoms with E-state index in [0.29, 0.717) is 18.4 Å². The molecular formula is C18H27IN4O. The number of nitrogens with zero attached hydrogens (tertiary/aromatic N) is 2. The first-order chi connectivity index (χ1) is 11.2. The van der Waals surface area contributed by atoms with Crippen LogP contribution in [0.25, 0.3) is 0 Å². The molecule has 0 fully saturated rings. The molecule has 0 atom stereocenters. The van der Waals surface area contributed by atoms with E-state index in [2.05, 4.69) is 48.4 Å². The highest BCUT2D eigenvalue weighted by molar-refractivity contribution is 14.0. The van der Waals surface area contributed by atoms with E-state index in [1.165, 1.54) is 5.56 Å². The van der Waals surface area contributed by atoms with Gasteiger partial charge in [0.25, 0.3) is 0 Å². The standard InChI is InChI=1S/C18H26N4O.HI/c1-4-13-7-9-15(10-8-13)21-18(19)20-12-16-11-17(22-23-16)14(5-2)6-3;/h7-11,14H,4-6,12H2,1-3H3,(H3,19,20,21);1H. The van der Waals surface area contributed by atoms with Crippen molar-refractivity contribution < 1.29 is 4.52 Å². The molecule has 0 spiro atoms. The van der Waals surface area contributed by atoms with Crippen LogP contribution >= 0.6 is 24.0 Å². The predicted molar refractivity (Wildman–Crippen MR) is 110 cm³/mol. The van der Waals surface area contributed by atoms with Gasteiger partial charge in [-0.25, -0.2) is 4.99 Å². The van der Waals surface area contributed by atoms with E-state index in [1.54, 1.807) is 0 Å². The molecule has 0 saturated carbocycles. The minimum atomic E-state index is 0. The first kappa shape index (κ1) is 20.5. The van der Waals surface area contributed by atoms with Gasteiger partial charge in [-0.2, -0.15) is 0 Å². The molecule has 0 unspecified atom stereocenters. The molecule has 1 aromatic heterocycles. The maximum absolute atomic E-state index is 5.92. The lowest BCUT2D eigenvalue weighted by molar-refractivity contribution is 0.372. The van der Waals surface area contributed by atoms with Crippen molar-refractivity contribution in [2.24, 2.45) is 10.7 Å². The van der Waals surface area contributed by atoms with Crippen LogP contribution in [0.4, 0.5) is 5.69 Å². The highest BCUT2D eigenvalue weighted by Gasteiger charge is 2.12. The van der Waals surface area contributed by atoms with Crippen molar-refractivity contribution in [3.05, 3.63) is 47.3 Å². The van der Waals surface area contributed by atoms with Crippen LogP contribution in [0.5, 0.6) is 0 Å². The lowest BCUT2D eigenvalue weighted by Crippen LogP contribution is -2.22. The Kier molecular flexibility index (Phi) is 8.81. The Bertz CT molecular complexity index is 633. The third-order valence-electron chi connectivity index (χ3n) is 4.02. The number of guanidine groups is 1. The quantitative estimate of drug-likeness (QED) is 0.371. The fraction of sp³-hybridized carbons (Fsp3) is 0.444. The molecule has 5 nitrogen and oxygen atoms in total. The summed E-state index contributed by atoms with van der Waals surface area (Å²) in [5, 5.41) is 7.21. The molecule has 2 aromatic rings. The van der Waals surface area contributed by atoms with Gasteiger partial charge in [0.05, 0.1) is 5.69 Å². The van der Waals surface area contributed by atoms with Crippen molar-refractivity contribution in [1.29, 1.82) is 0 Å². The van der Waals surface area contributed by atoms with Crippen LogP contribution in [0.3, 0.4) is 0 Å². The largest absolute Gasteiger partial charge is 0.370 e. The topological polar surface area (TPSA) is 76.4 Å². The van der Waals surface area contributed by atoms with Crippen molar-refractivity contribution in [3.8, 4) is 0 Å². The second-order valence-electron chi connectivity index (χ2n) is 5.61. The Morgan fingerprint density at radius 2 is 1.88 bits per heavy atom. The summed E-state index contributed by atoms with van der Waals surface area (Å²) < 4.78 is 5.34. The highest BCUT2D eigenvalue weighted by Crippen LogP contribution is 2.22. The van der Waals surface area contributed by atoms with E-state index in [4.69, 9.17) is 10.3 Å². The van der Waals surface area contributed by atoms with E-state index < -0.39 is 0 Å². The Balaban J connectivity index is 0.00000288. The molecule has 0 bridgehead atoms. The monoisotopic (exact) mass is 442 g/mol. The summed E-state index contributed by atoms with van der Waals surface area (Å²) in [5.41, 5.74) is 9.14. The summed E-state index contributed by atoms with van der Waals surface area (Å²) >= 11 is 0. The van der Waals surface area contributed by atoms with Gasteiger partial charge in [0.2, 0.25) is 0 Å². The second-order valence-corrected chi connectivity index (χ2v) is 5.61. The first-order valence-electron chi connectivity index (χ1n) is 8.27. The van der Waals surface area contributed by atoms with E-state index in [9.17, 15) is 0 Å². The fourth-order valence-corrected chi connectivity index (χ4v) is 2.48. The van der Waals surface area contributed by atoms with Crippen molar-refractivity contribution in [2.45, 2.75) is 52.5 Å². The average molecular weight is 442 g/mol. The number of rotatable bonds is 7. The van der Waals surface area contributed by atoms with Crippen molar-refractivity contribution in [2.75, 3.05) is 5.32 Å². The molecule has 0 saturated heterocycles. The van der Waals surface area contributed by atoms with Crippen LogP contribution in [0, 0.1) is 0 Å². The molecule has 0 aliphatic heterocycles. The van der Waals surface area contributed by atoms with Crippen LogP contribution in [-0.4, -0.2) is 11.1 Å². The van der Waals surface area contributed by atoms with E-state index in [-0.39, 0.29) is 24.0 Å². The molecule has 6 heteroatoms. The number of hydrogen-bond acceptors (Lipinski definition) is 3. The normalized spacial score (nSPS) is 11.4. The zero-order chi connectivity index (χ0) is 16.7. The summed E-state index contributed by atoms with van der Waals surface area (Å²) in [4.78, 5) is 4.31. The molecule has 24 heavy (non-hydrogen) atoms. The molecule has 1 aromatic carbocycles. The van der Waals surface area contributed by atoms with E-state index >= 15 is 0 Å². The minimum absolute atomic E-state index is 0. The van der Waals surface area contributed by atoms with Gasteiger partial charge in [-0.15, -0.1) is 24.0 Å².